The minimum Gasteiger partial charge on any atom is -0.480 e. The molecule has 0 aliphatic heterocycles. The standard InChI is InChI=1S/C14H26N4O2/c1-14(2,3)12-10(9-18(6)16-12)11(13(19)20)15-7-8-17(4)5/h9,11,15H,7-8H2,1-6H3,(H,19,20). The Labute approximate surface area is 120 Å². The van der Waals surface area contributed by atoms with Crippen molar-refractivity contribution in [2.45, 2.75) is 32.2 Å². The molecule has 20 heavy (non-hydrogen) atoms. The summed E-state index contributed by atoms with van der Waals surface area (Å²) in [5.41, 5.74) is 1.38. The fourth-order valence-corrected chi connectivity index (χ4v) is 2.06. The lowest BCUT2D eigenvalue weighted by Crippen LogP contribution is -2.35. The van der Waals surface area contributed by atoms with Gasteiger partial charge in [-0.2, -0.15) is 5.10 Å². The molecule has 114 valence electrons. The number of nitrogens with one attached hydrogen (secondary N) is 1. The Morgan fingerprint density at radius 1 is 1.50 bits per heavy atom. The van der Waals surface area contributed by atoms with Gasteiger partial charge in [0.1, 0.15) is 6.04 Å². The van der Waals surface area contributed by atoms with Crippen LogP contribution in [0.1, 0.15) is 38.1 Å². The van der Waals surface area contributed by atoms with Crippen LogP contribution in [0.25, 0.3) is 0 Å². The number of aryl methyl sites for hydroxylation is 1. The minimum absolute atomic E-state index is 0.187. The van der Waals surface area contributed by atoms with Gasteiger partial charge in [0.25, 0.3) is 0 Å². The summed E-state index contributed by atoms with van der Waals surface area (Å²) in [4.78, 5) is 13.6. The van der Waals surface area contributed by atoms with Crippen LogP contribution in [0.5, 0.6) is 0 Å². The second-order valence-electron chi connectivity index (χ2n) is 6.39. The Kier molecular flexibility index (Phi) is 5.30. The molecule has 1 rings (SSSR count). The summed E-state index contributed by atoms with van der Waals surface area (Å²) in [6.45, 7) is 7.52. The Hall–Kier alpha value is -1.40. The third kappa shape index (κ3) is 4.31. The molecule has 0 aliphatic rings. The van der Waals surface area contributed by atoms with Gasteiger partial charge in [-0.1, -0.05) is 20.8 Å². The molecule has 2 N–H and O–H groups in total. The normalized spacial score (nSPS) is 13.8. The highest BCUT2D eigenvalue weighted by Crippen LogP contribution is 2.28. The third-order valence-electron chi connectivity index (χ3n) is 3.03. The molecule has 0 bridgehead atoms. The third-order valence-corrected chi connectivity index (χ3v) is 3.03. The van der Waals surface area contributed by atoms with Crippen LogP contribution in [0.15, 0.2) is 6.20 Å². The van der Waals surface area contributed by atoms with E-state index in [0.29, 0.717) is 6.54 Å². The first-order valence-electron chi connectivity index (χ1n) is 6.78. The minimum atomic E-state index is -0.873. The maximum atomic E-state index is 11.6. The first-order valence-corrected chi connectivity index (χ1v) is 6.78. The summed E-state index contributed by atoms with van der Waals surface area (Å²) in [6, 6.07) is -0.724. The highest BCUT2D eigenvalue weighted by atomic mass is 16.4. The molecular formula is C14H26N4O2. The second-order valence-corrected chi connectivity index (χ2v) is 6.39. The predicted molar refractivity (Wildman–Crippen MR) is 78.8 cm³/mol. The van der Waals surface area contributed by atoms with E-state index >= 15 is 0 Å². The number of carbonyl (C=O) groups is 1. The second kappa shape index (κ2) is 6.37. The van der Waals surface area contributed by atoms with E-state index in [0.717, 1.165) is 17.8 Å². The van der Waals surface area contributed by atoms with Gasteiger partial charge < -0.3 is 10.0 Å². The van der Waals surface area contributed by atoms with E-state index in [4.69, 9.17) is 0 Å². The molecule has 0 saturated carbocycles. The average Bonchev–Trinajstić information content (AvgIpc) is 2.65. The van der Waals surface area contributed by atoms with Gasteiger partial charge in [0, 0.05) is 37.3 Å². The Bertz CT molecular complexity index is 460. The highest BCUT2D eigenvalue weighted by molar-refractivity contribution is 5.76. The zero-order chi connectivity index (χ0) is 15.5. The van der Waals surface area contributed by atoms with Crippen molar-refractivity contribution < 1.29 is 9.90 Å². The van der Waals surface area contributed by atoms with Crippen molar-refractivity contribution in [1.29, 1.82) is 0 Å². The quantitative estimate of drug-likeness (QED) is 0.814. The molecule has 0 aliphatic carbocycles. The smallest absolute Gasteiger partial charge is 0.325 e. The molecule has 6 nitrogen and oxygen atoms in total. The lowest BCUT2D eigenvalue weighted by atomic mass is 9.87. The first kappa shape index (κ1) is 16.7. The van der Waals surface area contributed by atoms with Crippen LogP contribution in [-0.2, 0) is 17.3 Å². The molecular weight excluding hydrogens is 256 g/mol. The van der Waals surface area contributed by atoms with E-state index in [1.165, 1.54) is 0 Å². The molecule has 0 fully saturated rings. The van der Waals surface area contributed by atoms with Gasteiger partial charge in [-0.25, -0.2) is 0 Å². The highest BCUT2D eigenvalue weighted by Gasteiger charge is 2.30. The number of hydrogen-bond donors (Lipinski definition) is 2. The summed E-state index contributed by atoms with van der Waals surface area (Å²) < 4.78 is 1.68. The van der Waals surface area contributed by atoms with Crippen LogP contribution in [0.3, 0.4) is 0 Å². The SMILES string of the molecule is CN(C)CCNC(C(=O)O)c1cn(C)nc1C(C)(C)C. The van der Waals surface area contributed by atoms with Gasteiger partial charge in [-0.05, 0) is 14.1 Å². The van der Waals surface area contributed by atoms with E-state index in [1.54, 1.807) is 10.9 Å². The molecule has 1 heterocycles. The van der Waals surface area contributed by atoms with E-state index in [9.17, 15) is 9.90 Å². The molecule has 1 aromatic rings. The Morgan fingerprint density at radius 2 is 2.10 bits per heavy atom. The van der Waals surface area contributed by atoms with Crippen LogP contribution in [0, 0.1) is 0 Å². The van der Waals surface area contributed by atoms with Crippen molar-refractivity contribution in [2.24, 2.45) is 7.05 Å². The van der Waals surface area contributed by atoms with Crippen LogP contribution in [0.4, 0.5) is 0 Å². The van der Waals surface area contributed by atoms with E-state index in [-0.39, 0.29) is 5.41 Å². The largest absolute Gasteiger partial charge is 0.480 e. The number of aromatic nitrogens is 2. The fraction of sp³-hybridized carbons (Fsp3) is 0.714. The number of carboxylic acids is 1. The van der Waals surface area contributed by atoms with Crippen molar-refractivity contribution in [3.63, 3.8) is 0 Å². The van der Waals surface area contributed by atoms with Crippen LogP contribution < -0.4 is 5.32 Å². The van der Waals surface area contributed by atoms with Gasteiger partial charge >= 0.3 is 5.97 Å². The molecule has 0 radical (unpaired) electrons. The van der Waals surface area contributed by atoms with Gasteiger partial charge in [0.15, 0.2) is 0 Å². The van der Waals surface area contributed by atoms with Crippen molar-refractivity contribution >= 4 is 5.97 Å². The molecule has 0 saturated heterocycles. The summed E-state index contributed by atoms with van der Waals surface area (Å²) in [5.74, 6) is -0.873. The van der Waals surface area contributed by atoms with Crippen molar-refractivity contribution in [3.8, 4) is 0 Å². The molecule has 0 spiro atoms. The molecule has 1 aromatic heterocycles. The first-order chi connectivity index (χ1) is 9.12. The zero-order valence-electron chi connectivity index (χ0n) is 13.3. The van der Waals surface area contributed by atoms with Crippen LogP contribution in [-0.4, -0.2) is 52.9 Å². The van der Waals surface area contributed by atoms with Gasteiger partial charge in [0.2, 0.25) is 0 Å². The van der Waals surface area contributed by atoms with E-state index in [2.05, 4.69) is 10.4 Å². The monoisotopic (exact) mass is 282 g/mol. The predicted octanol–water partition coefficient (Wildman–Crippen LogP) is 0.995. The average molecular weight is 282 g/mol. The van der Waals surface area contributed by atoms with Crippen molar-refractivity contribution in [1.82, 2.24) is 20.0 Å². The topological polar surface area (TPSA) is 70.4 Å². The van der Waals surface area contributed by atoms with Crippen LogP contribution in [0.2, 0.25) is 0 Å². The summed E-state index contributed by atoms with van der Waals surface area (Å²) in [6.07, 6.45) is 1.79. The maximum Gasteiger partial charge on any atom is 0.325 e. The Balaban J connectivity index is 3.00. The fourth-order valence-electron chi connectivity index (χ4n) is 2.06. The molecule has 1 atom stereocenters. The van der Waals surface area contributed by atoms with Crippen molar-refractivity contribution in [3.05, 3.63) is 17.5 Å². The van der Waals surface area contributed by atoms with Gasteiger partial charge in [-0.3, -0.25) is 14.8 Å². The van der Waals surface area contributed by atoms with Gasteiger partial charge in [0.05, 0.1) is 5.69 Å². The molecule has 1 unspecified atom stereocenters. The number of hydrogen-bond acceptors (Lipinski definition) is 4. The number of rotatable bonds is 6. The zero-order valence-corrected chi connectivity index (χ0v) is 13.3. The Morgan fingerprint density at radius 3 is 2.55 bits per heavy atom. The molecule has 6 heteroatoms. The van der Waals surface area contributed by atoms with Crippen molar-refractivity contribution in [2.75, 3.05) is 27.2 Å². The number of aliphatic carboxylic acids is 1. The lowest BCUT2D eigenvalue weighted by molar-refractivity contribution is -0.139. The lowest BCUT2D eigenvalue weighted by Gasteiger charge is -2.21. The molecule has 0 aromatic carbocycles. The van der Waals surface area contributed by atoms with Gasteiger partial charge in [-0.15, -0.1) is 0 Å². The number of carboxylic acid groups (broad SMARTS) is 1. The van der Waals surface area contributed by atoms with E-state index < -0.39 is 12.0 Å². The van der Waals surface area contributed by atoms with Crippen LogP contribution >= 0.6 is 0 Å². The van der Waals surface area contributed by atoms with E-state index in [1.807, 2.05) is 46.8 Å². The maximum absolute atomic E-state index is 11.6. The number of likely N-dealkylation sites (N-methyl/N-ethyl adjacent to an activating group) is 1. The number of nitrogens with zero attached hydrogens (tertiary/aromatic N) is 3. The summed E-state index contributed by atoms with van der Waals surface area (Å²) in [5, 5.41) is 17.0. The summed E-state index contributed by atoms with van der Waals surface area (Å²) in [7, 11) is 5.74. The molecule has 0 amide bonds. The summed E-state index contributed by atoms with van der Waals surface area (Å²) >= 11 is 0.